The van der Waals surface area contributed by atoms with Gasteiger partial charge < -0.3 is 0 Å². The van der Waals surface area contributed by atoms with Gasteiger partial charge in [-0.25, -0.2) is 0 Å². The highest BCUT2D eigenvalue weighted by Gasteiger charge is 2.11. The average molecular weight is 171 g/mol. The van der Waals surface area contributed by atoms with E-state index in [2.05, 4.69) is 48.3 Å². The Morgan fingerprint density at radius 3 is 3.08 bits per heavy atom. The van der Waals surface area contributed by atoms with Gasteiger partial charge in [0, 0.05) is 5.56 Å². The number of nitrogens with zero attached hydrogens (tertiary/aromatic N) is 1. The number of fused-ring (bicyclic) bond motifs is 1. The largest absolute Gasteiger partial charge is 0.280 e. The first-order valence-corrected chi connectivity index (χ1v) is 4.71. The highest BCUT2D eigenvalue weighted by molar-refractivity contribution is 6.11. The fourth-order valence-electron chi connectivity index (χ4n) is 1.54. The first-order valence-electron chi connectivity index (χ1n) is 4.71. The maximum atomic E-state index is 4.47. The van der Waals surface area contributed by atoms with Gasteiger partial charge in [-0.3, -0.25) is 4.99 Å². The molecular formula is C12H13N. The molecule has 0 amide bonds. The summed E-state index contributed by atoms with van der Waals surface area (Å²) in [7, 11) is 0. The molecule has 13 heavy (non-hydrogen) atoms. The van der Waals surface area contributed by atoms with Crippen molar-refractivity contribution in [3.05, 3.63) is 47.5 Å². The lowest BCUT2D eigenvalue weighted by Crippen LogP contribution is -1.92. The lowest BCUT2D eigenvalue weighted by Gasteiger charge is -1.96. The quantitative estimate of drug-likeness (QED) is 0.648. The Balaban J connectivity index is 2.31. The molecule has 2 rings (SSSR count). The molecule has 1 nitrogen and oxygen atoms in total. The summed E-state index contributed by atoms with van der Waals surface area (Å²) < 4.78 is 0. The summed E-state index contributed by atoms with van der Waals surface area (Å²) in [4.78, 5) is 4.47. The van der Waals surface area contributed by atoms with Gasteiger partial charge >= 0.3 is 0 Å². The number of hydrogen-bond donors (Lipinski definition) is 0. The van der Waals surface area contributed by atoms with E-state index in [0.29, 0.717) is 0 Å². The van der Waals surface area contributed by atoms with Crippen molar-refractivity contribution in [3.63, 3.8) is 0 Å². The third-order valence-corrected chi connectivity index (χ3v) is 2.22. The lowest BCUT2D eigenvalue weighted by atomic mass is 10.1. The second kappa shape index (κ2) is 3.56. The fraction of sp³-hybridized carbons (Fsp3) is 0.250. The van der Waals surface area contributed by atoms with Crippen molar-refractivity contribution >= 4 is 5.71 Å². The standard InChI is InChI=1S/C12H13N/c1-2-3-8-12-11-7-5-4-6-10(11)9-13-12/h3-8H,2,9H2,1H3/b8-3-. The molecule has 0 aliphatic carbocycles. The predicted octanol–water partition coefficient (Wildman–Crippen LogP) is 2.96. The van der Waals surface area contributed by atoms with Crippen LogP contribution in [0.4, 0.5) is 0 Å². The first-order chi connectivity index (χ1) is 6.42. The summed E-state index contributed by atoms with van der Waals surface area (Å²) in [6.45, 7) is 2.98. The zero-order chi connectivity index (χ0) is 9.10. The summed E-state index contributed by atoms with van der Waals surface area (Å²) in [5.74, 6) is 0. The molecule has 0 saturated carbocycles. The normalized spacial score (nSPS) is 14.7. The van der Waals surface area contributed by atoms with Crippen molar-refractivity contribution in [2.24, 2.45) is 4.99 Å². The maximum absolute atomic E-state index is 4.47. The molecule has 1 aliphatic heterocycles. The van der Waals surface area contributed by atoms with Crippen LogP contribution in [0.15, 0.2) is 41.4 Å². The Morgan fingerprint density at radius 2 is 2.23 bits per heavy atom. The Bertz CT molecular complexity index is 361. The number of hydrogen-bond acceptors (Lipinski definition) is 1. The number of rotatable bonds is 2. The molecule has 0 atom stereocenters. The van der Waals surface area contributed by atoms with E-state index in [0.717, 1.165) is 18.7 Å². The minimum absolute atomic E-state index is 0.847. The van der Waals surface area contributed by atoms with Crippen molar-refractivity contribution in [2.75, 3.05) is 0 Å². The molecule has 0 unspecified atom stereocenters. The topological polar surface area (TPSA) is 12.4 Å². The van der Waals surface area contributed by atoms with Crippen molar-refractivity contribution in [1.82, 2.24) is 0 Å². The third kappa shape index (κ3) is 1.55. The molecule has 1 aliphatic rings. The molecule has 1 aromatic rings. The molecule has 0 spiro atoms. The van der Waals surface area contributed by atoms with Gasteiger partial charge in [-0.05, 0) is 18.1 Å². The number of aliphatic imine (C=N–C) groups is 1. The van der Waals surface area contributed by atoms with Crippen molar-refractivity contribution < 1.29 is 0 Å². The summed E-state index contributed by atoms with van der Waals surface area (Å²) in [6, 6.07) is 8.42. The van der Waals surface area contributed by atoms with E-state index in [9.17, 15) is 0 Å². The van der Waals surface area contributed by atoms with Gasteiger partial charge in [-0.15, -0.1) is 0 Å². The Kier molecular flexibility index (Phi) is 2.26. The molecule has 0 aromatic heterocycles. The van der Waals surface area contributed by atoms with E-state index in [1.54, 1.807) is 0 Å². The van der Waals surface area contributed by atoms with Crippen molar-refractivity contribution in [1.29, 1.82) is 0 Å². The van der Waals surface area contributed by atoms with E-state index in [-0.39, 0.29) is 0 Å². The molecule has 66 valence electrons. The molecule has 0 fully saturated rings. The van der Waals surface area contributed by atoms with Crippen LogP contribution in [-0.2, 0) is 6.54 Å². The second-order valence-electron chi connectivity index (χ2n) is 3.17. The van der Waals surface area contributed by atoms with Gasteiger partial charge in [0.2, 0.25) is 0 Å². The van der Waals surface area contributed by atoms with Crippen LogP contribution in [0.1, 0.15) is 24.5 Å². The molecular weight excluding hydrogens is 158 g/mol. The summed E-state index contributed by atoms with van der Waals surface area (Å²) in [6.07, 6.45) is 5.34. The van der Waals surface area contributed by atoms with Crippen LogP contribution in [0.3, 0.4) is 0 Å². The van der Waals surface area contributed by atoms with E-state index >= 15 is 0 Å². The smallest absolute Gasteiger partial charge is 0.0653 e. The lowest BCUT2D eigenvalue weighted by molar-refractivity contribution is 1.11. The minimum Gasteiger partial charge on any atom is -0.280 e. The molecule has 0 saturated heterocycles. The van der Waals surface area contributed by atoms with Crippen molar-refractivity contribution in [2.45, 2.75) is 19.9 Å². The van der Waals surface area contributed by atoms with Gasteiger partial charge in [-0.1, -0.05) is 37.3 Å². The van der Waals surface area contributed by atoms with E-state index in [4.69, 9.17) is 0 Å². The zero-order valence-electron chi connectivity index (χ0n) is 7.83. The number of allylic oxidation sites excluding steroid dienone is 2. The SMILES string of the molecule is CC/C=C\C1=NCc2ccccc21. The molecule has 1 aromatic carbocycles. The second-order valence-corrected chi connectivity index (χ2v) is 3.17. The van der Waals surface area contributed by atoms with Crippen molar-refractivity contribution in [3.8, 4) is 0 Å². The van der Waals surface area contributed by atoms with Gasteiger partial charge in [0.25, 0.3) is 0 Å². The molecule has 1 heterocycles. The van der Waals surface area contributed by atoms with Crippen LogP contribution in [0.25, 0.3) is 0 Å². The summed E-state index contributed by atoms with van der Waals surface area (Å²) in [5.41, 5.74) is 3.78. The predicted molar refractivity (Wildman–Crippen MR) is 56.1 cm³/mol. The average Bonchev–Trinajstić information content (AvgIpc) is 2.58. The van der Waals surface area contributed by atoms with Crippen LogP contribution < -0.4 is 0 Å². The van der Waals surface area contributed by atoms with Gasteiger partial charge in [0.15, 0.2) is 0 Å². The Morgan fingerprint density at radius 1 is 1.38 bits per heavy atom. The van der Waals surface area contributed by atoms with E-state index < -0.39 is 0 Å². The highest BCUT2D eigenvalue weighted by atomic mass is 14.8. The molecule has 0 bridgehead atoms. The van der Waals surface area contributed by atoms with Crippen LogP contribution in [0.2, 0.25) is 0 Å². The van der Waals surface area contributed by atoms with Crippen LogP contribution >= 0.6 is 0 Å². The molecule has 0 radical (unpaired) electrons. The third-order valence-electron chi connectivity index (χ3n) is 2.22. The van der Waals surface area contributed by atoms with Gasteiger partial charge in [0.1, 0.15) is 0 Å². The van der Waals surface area contributed by atoms with E-state index in [1.165, 1.54) is 11.1 Å². The van der Waals surface area contributed by atoms with Gasteiger partial charge in [0.05, 0.1) is 12.3 Å². The Labute approximate surface area is 78.8 Å². The summed E-state index contributed by atoms with van der Waals surface area (Å²) in [5, 5.41) is 0. The fourth-order valence-corrected chi connectivity index (χ4v) is 1.54. The number of benzene rings is 1. The van der Waals surface area contributed by atoms with E-state index in [1.807, 2.05) is 0 Å². The highest BCUT2D eigenvalue weighted by Crippen LogP contribution is 2.18. The van der Waals surface area contributed by atoms with Gasteiger partial charge in [-0.2, -0.15) is 0 Å². The zero-order valence-corrected chi connectivity index (χ0v) is 7.83. The summed E-state index contributed by atoms with van der Waals surface area (Å²) >= 11 is 0. The first kappa shape index (κ1) is 8.24. The molecule has 1 heteroatoms. The van der Waals surface area contributed by atoms with Crippen LogP contribution in [0.5, 0.6) is 0 Å². The minimum atomic E-state index is 0.847. The van der Waals surface area contributed by atoms with Crippen LogP contribution in [0, 0.1) is 0 Å². The monoisotopic (exact) mass is 171 g/mol. The van der Waals surface area contributed by atoms with Crippen LogP contribution in [-0.4, -0.2) is 5.71 Å². The maximum Gasteiger partial charge on any atom is 0.0653 e. The molecule has 0 N–H and O–H groups in total. The Hall–Kier alpha value is -1.37.